The molecule has 0 fully saturated rings. The molecule has 2 aromatic heterocycles. The van der Waals surface area contributed by atoms with E-state index in [0.717, 1.165) is 35.9 Å². The maximum absolute atomic E-state index is 12.2. The molecular weight excluding hydrogens is 304 g/mol. The molecule has 126 valence electrons. The molecule has 0 atom stereocenters. The second-order valence-electron chi connectivity index (χ2n) is 5.78. The van der Waals surface area contributed by atoms with Crippen LogP contribution in [-0.2, 0) is 17.8 Å². The molecule has 0 aliphatic rings. The Morgan fingerprint density at radius 3 is 2.83 bits per heavy atom. The van der Waals surface area contributed by atoms with E-state index in [1.165, 1.54) is 0 Å². The van der Waals surface area contributed by atoms with Gasteiger partial charge in [-0.1, -0.05) is 32.0 Å². The number of para-hydroxylation sites is 1. The lowest BCUT2D eigenvalue weighted by atomic mass is 10.2. The Labute approximate surface area is 140 Å². The summed E-state index contributed by atoms with van der Waals surface area (Å²) >= 11 is 0. The predicted molar refractivity (Wildman–Crippen MR) is 92.5 cm³/mol. The highest BCUT2D eigenvalue weighted by Crippen LogP contribution is 2.27. The van der Waals surface area contributed by atoms with E-state index in [1.807, 2.05) is 41.8 Å². The molecule has 0 spiro atoms. The Hall–Kier alpha value is -2.63. The van der Waals surface area contributed by atoms with Gasteiger partial charge in [0, 0.05) is 23.9 Å². The molecule has 1 aromatic carbocycles. The average molecular weight is 326 g/mol. The molecule has 6 heteroatoms. The van der Waals surface area contributed by atoms with Crippen LogP contribution in [0.3, 0.4) is 0 Å². The van der Waals surface area contributed by atoms with Crippen molar-refractivity contribution in [3.8, 4) is 11.6 Å². The summed E-state index contributed by atoms with van der Waals surface area (Å²) < 4.78 is 7.70. The van der Waals surface area contributed by atoms with Crippen LogP contribution in [0.25, 0.3) is 22.5 Å². The fourth-order valence-electron chi connectivity index (χ4n) is 2.69. The molecule has 24 heavy (non-hydrogen) atoms. The van der Waals surface area contributed by atoms with E-state index in [1.54, 1.807) is 0 Å². The highest BCUT2D eigenvalue weighted by atomic mass is 16.4. The summed E-state index contributed by atoms with van der Waals surface area (Å²) in [4.78, 5) is 12.2. The Balaban J connectivity index is 1.99. The van der Waals surface area contributed by atoms with Gasteiger partial charge in [0.15, 0.2) is 0 Å². The zero-order chi connectivity index (χ0) is 16.9. The lowest BCUT2D eigenvalue weighted by Crippen LogP contribution is -2.28. The van der Waals surface area contributed by atoms with Crippen molar-refractivity contribution < 1.29 is 9.21 Å². The SMILES string of the molecule is CCCNC(=O)Cn1c(-c2nnc(CCC)o2)cc2ccccc21. The molecule has 0 bridgehead atoms. The Morgan fingerprint density at radius 1 is 1.21 bits per heavy atom. The van der Waals surface area contributed by atoms with Crippen LogP contribution < -0.4 is 5.32 Å². The van der Waals surface area contributed by atoms with Crippen molar-refractivity contribution in [3.63, 3.8) is 0 Å². The third-order valence-corrected chi connectivity index (χ3v) is 3.83. The summed E-state index contributed by atoms with van der Waals surface area (Å²) in [6.07, 6.45) is 2.61. The van der Waals surface area contributed by atoms with Crippen LogP contribution >= 0.6 is 0 Å². The highest BCUT2D eigenvalue weighted by Gasteiger charge is 2.17. The number of amides is 1. The highest BCUT2D eigenvalue weighted by molar-refractivity contribution is 5.88. The number of fused-ring (bicyclic) bond motifs is 1. The summed E-state index contributed by atoms with van der Waals surface area (Å²) in [6.45, 7) is 5.01. The molecule has 3 rings (SSSR count). The van der Waals surface area contributed by atoms with Gasteiger partial charge in [-0.2, -0.15) is 0 Å². The Kier molecular flexibility index (Phi) is 4.93. The second kappa shape index (κ2) is 7.29. The van der Waals surface area contributed by atoms with Gasteiger partial charge in [-0.15, -0.1) is 10.2 Å². The van der Waals surface area contributed by atoms with Crippen LogP contribution in [0.15, 0.2) is 34.7 Å². The topological polar surface area (TPSA) is 73.0 Å². The summed E-state index contributed by atoms with van der Waals surface area (Å²) in [7, 11) is 0. The normalized spacial score (nSPS) is 11.1. The molecule has 1 amide bonds. The van der Waals surface area contributed by atoms with Gasteiger partial charge in [0.05, 0.1) is 0 Å². The van der Waals surface area contributed by atoms with Gasteiger partial charge in [0.2, 0.25) is 11.8 Å². The number of benzene rings is 1. The van der Waals surface area contributed by atoms with E-state index in [9.17, 15) is 4.79 Å². The molecule has 0 aliphatic heterocycles. The van der Waals surface area contributed by atoms with Crippen LogP contribution in [0.5, 0.6) is 0 Å². The van der Waals surface area contributed by atoms with E-state index in [2.05, 4.69) is 22.4 Å². The summed E-state index contributed by atoms with van der Waals surface area (Å²) in [5.41, 5.74) is 1.76. The molecular formula is C18H22N4O2. The van der Waals surface area contributed by atoms with Crippen molar-refractivity contribution >= 4 is 16.8 Å². The Morgan fingerprint density at radius 2 is 2.04 bits per heavy atom. The standard InChI is InChI=1S/C18H22N4O2/c1-3-7-17-20-21-18(24-17)15-11-13-8-5-6-9-14(13)22(15)12-16(23)19-10-4-2/h5-6,8-9,11H,3-4,7,10,12H2,1-2H3,(H,19,23). The van der Waals surface area contributed by atoms with Crippen molar-refractivity contribution in [1.82, 2.24) is 20.1 Å². The Bertz CT molecular complexity index is 835. The van der Waals surface area contributed by atoms with Gasteiger partial charge in [0.1, 0.15) is 12.2 Å². The van der Waals surface area contributed by atoms with Crippen molar-refractivity contribution in [2.75, 3.05) is 6.54 Å². The maximum atomic E-state index is 12.2. The third kappa shape index (κ3) is 3.32. The minimum Gasteiger partial charge on any atom is -0.419 e. The molecule has 0 aliphatic carbocycles. The van der Waals surface area contributed by atoms with Gasteiger partial charge in [0.25, 0.3) is 5.89 Å². The van der Waals surface area contributed by atoms with Crippen molar-refractivity contribution in [3.05, 3.63) is 36.2 Å². The summed E-state index contributed by atoms with van der Waals surface area (Å²) in [6, 6.07) is 9.94. The van der Waals surface area contributed by atoms with Crippen LogP contribution in [0, 0.1) is 0 Å². The number of hydrogen-bond acceptors (Lipinski definition) is 4. The van der Waals surface area contributed by atoms with E-state index in [4.69, 9.17) is 4.42 Å². The first-order valence-corrected chi connectivity index (χ1v) is 8.40. The van der Waals surface area contributed by atoms with E-state index < -0.39 is 0 Å². The number of aryl methyl sites for hydroxylation is 1. The number of aromatic nitrogens is 3. The number of carbonyl (C=O) groups excluding carboxylic acids is 1. The van der Waals surface area contributed by atoms with Crippen molar-refractivity contribution in [2.45, 2.75) is 39.7 Å². The summed E-state index contributed by atoms with van der Waals surface area (Å²) in [5, 5.41) is 12.2. The predicted octanol–water partition coefficient (Wildman–Crippen LogP) is 3.17. The minimum absolute atomic E-state index is 0.0206. The van der Waals surface area contributed by atoms with Gasteiger partial charge >= 0.3 is 0 Å². The van der Waals surface area contributed by atoms with Crippen molar-refractivity contribution in [2.24, 2.45) is 0 Å². The molecule has 6 nitrogen and oxygen atoms in total. The molecule has 0 unspecified atom stereocenters. The van der Waals surface area contributed by atoms with Gasteiger partial charge in [-0.3, -0.25) is 4.79 Å². The molecule has 1 N–H and O–H groups in total. The monoisotopic (exact) mass is 326 g/mol. The molecule has 2 heterocycles. The number of nitrogens with zero attached hydrogens (tertiary/aromatic N) is 3. The largest absolute Gasteiger partial charge is 0.419 e. The van der Waals surface area contributed by atoms with E-state index >= 15 is 0 Å². The van der Waals surface area contributed by atoms with Gasteiger partial charge < -0.3 is 14.3 Å². The molecule has 0 radical (unpaired) electrons. The van der Waals surface area contributed by atoms with E-state index in [-0.39, 0.29) is 12.5 Å². The zero-order valence-corrected chi connectivity index (χ0v) is 14.1. The average Bonchev–Trinajstić information content (AvgIpc) is 3.18. The van der Waals surface area contributed by atoms with E-state index in [0.29, 0.717) is 18.3 Å². The van der Waals surface area contributed by atoms with Crippen LogP contribution in [0.2, 0.25) is 0 Å². The smallest absolute Gasteiger partial charge is 0.264 e. The molecule has 0 saturated carbocycles. The molecule has 3 aromatic rings. The first-order chi connectivity index (χ1) is 11.7. The quantitative estimate of drug-likeness (QED) is 0.724. The number of hydrogen-bond donors (Lipinski definition) is 1. The lowest BCUT2D eigenvalue weighted by Gasteiger charge is -2.09. The number of nitrogens with one attached hydrogen (secondary N) is 1. The lowest BCUT2D eigenvalue weighted by molar-refractivity contribution is -0.121. The fourth-order valence-corrected chi connectivity index (χ4v) is 2.69. The first-order valence-electron chi connectivity index (χ1n) is 8.40. The second-order valence-corrected chi connectivity index (χ2v) is 5.78. The fraction of sp³-hybridized carbons (Fsp3) is 0.389. The third-order valence-electron chi connectivity index (χ3n) is 3.83. The van der Waals surface area contributed by atoms with Crippen LogP contribution in [-0.4, -0.2) is 27.2 Å². The number of carbonyl (C=O) groups is 1. The maximum Gasteiger partial charge on any atom is 0.264 e. The summed E-state index contributed by atoms with van der Waals surface area (Å²) in [5.74, 6) is 1.06. The zero-order valence-electron chi connectivity index (χ0n) is 14.1. The van der Waals surface area contributed by atoms with Crippen LogP contribution in [0.4, 0.5) is 0 Å². The van der Waals surface area contributed by atoms with Gasteiger partial charge in [-0.25, -0.2) is 0 Å². The van der Waals surface area contributed by atoms with Crippen molar-refractivity contribution in [1.29, 1.82) is 0 Å². The first kappa shape index (κ1) is 16.2. The number of rotatable bonds is 7. The van der Waals surface area contributed by atoms with Gasteiger partial charge in [-0.05, 0) is 25.0 Å². The van der Waals surface area contributed by atoms with Crippen LogP contribution in [0.1, 0.15) is 32.6 Å². The molecule has 0 saturated heterocycles. The minimum atomic E-state index is -0.0206.